The third-order valence-corrected chi connectivity index (χ3v) is 4.73. The quantitative estimate of drug-likeness (QED) is 0.313. The van der Waals surface area contributed by atoms with Gasteiger partial charge in [0.2, 0.25) is 0 Å². The second-order valence-corrected chi connectivity index (χ2v) is 6.63. The lowest BCUT2D eigenvalue weighted by Crippen LogP contribution is -2.18. The van der Waals surface area contributed by atoms with Gasteiger partial charge < -0.3 is 4.90 Å². The van der Waals surface area contributed by atoms with Crippen molar-refractivity contribution >= 4 is 17.1 Å². The third kappa shape index (κ3) is 3.38. The van der Waals surface area contributed by atoms with Crippen molar-refractivity contribution in [1.82, 2.24) is 0 Å². The molecule has 0 saturated heterocycles. The van der Waals surface area contributed by atoms with E-state index in [1.165, 1.54) is 0 Å². The summed E-state index contributed by atoms with van der Waals surface area (Å²) in [6, 6.07) is 2.45. The number of anilines is 3. The third-order valence-electron chi connectivity index (χ3n) is 4.73. The first-order valence-corrected chi connectivity index (χ1v) is 8.49. The second kappa shape index (κ2) is 7.62. The summed E-state index contributed by atoms with van der Waals surface area (Å²) in [5.74, 6) is -12.0. The van der Waals surface area contributed by atoms with Gasteiger partial charge in [0.15, 0.2) is 23.3 Å². The van der Waals surface area contributed by atoms with Crippen LogP contribution < -0.4 is 4.90 Å². The molecule has 158 valence electrons. The van der Waals surface area contributed by atoms with Crippen LogP contribution in [-0.2, 0) is 0 Å². The van der Waals surface area contributed by atoms with Crippen LogP contribution in [0.5, 0.6) is 0 Å². The SMILES string of the molecule is Cc1c(F)cc(N(c2cc(F)c(C)c(F)c2)c2c(F)c(F)c(C)c(F)c2F)cc1F. The maximum atomic E-state index is 14.7. The zero-order valence-corrected chi connectivity index (χ0v) is 15.8. The monoisotopic (exact) mass is 431 g/mol. The number of rotatable bonds is 3. The molecule has 0 aromatic heterocycles. The van der Waals surface area contributed by atoms with Crippen LogP contribution in [0.15, 0.2) is 24.3 Å². The predicted octanol–water partition coefficient (Wildman–Crippen LogP) is 7.19. The van der Waals surface area contributed by atoms with Gasteiger partial charge >= 0.3 is 0 Å². The topological polar surface area (TPSA) is 3.24 Å². The summed E-state index contributed by atoms with van der Waals surface area (Å²) in [7, 11) is 0. The van der Waals surface area contributed by atoms with E-state index in [0.29, 0.717) is 29.2 Å². The molecule has 0 saturated carbocycles. The molecule has 9 heteroatoms. The van der Waals surface area contributed by atoms with Gasteiger partial charge in [-0.15, -0.1) is 0 Å². The number of halogens is 8. The minimum atomic E-state index is -1.91. The Morgan fingerprint density at radius 3 is 1.07 bits per heavy atom. The second-order valence-electron chi connectivity index (χ2n) is 6.63. The average Bonchev–Trinajstić information content (AvgIpc) is 2.69. The predicted molar refractivity (Wildman–Crippen MR) is 95.0 cm³/mol. The fraction of sp³-hybridized carbons (Fsp3) is 0.143. The Labute approximate surface area is 166 Å². The van der Waals surface area contributed by atoms with Gasteiger partial charge in [-0.1, -0.05) is 0 Å². The van der Waals surface area contributed by atoms with Gasteiger partial charge in [-0.3, -0.25) is 0 Å². The molecule has 0 aliphatic rings. The van der Waals surface area contributed by atoms with Gasteiger partial charge in [0.25, 0.3) is 0 Å². The maximum absolute atomic E-state index is 14.7. The Kier molecular flexibility index (Phi) is 5.49. The zero-order valence-electron chi connectivity index (χ0n) is 15.8. The summed E-state index contributed by atoms with van der Waals surface area (Å²) in [5, 5.41) is 0. The normalized spacial score (nSPS) is 11.2. The standard InChI is InChI=1S/C21H13F8N/c1-8-13(22)4-11(5-14(8)23)30(12-6-15(24)9(2)16(25)7-12)21-19(28)17(26)10(3)18(27)20(21)29/h4-7H,1-3H3. The van der Waals surface area contributed by atoms with E-state index in [9.17, 15) is 35.1 Å². The van der Waals surface area contributed by atoms with Gasteiger partial charge in [-0.05, 0) is 45.0 Å². The Bertz CT molecular complexity index is 1040. The van der Waals surface area contributed by atoms with Crippen molar-refractivity contribution < 1.29 is 35.1 Å². The van der Waals surface area contributed by atoms with E-state index < -0.39 is 80.3 Å². The van der Waals surface area contributed by atoms with Crippen LogP contribution >= 0.6 is 0 Å². The molecule has 30 heavy (non-hydrogen) atoms. The Hall–Kier alpha value is -3.10. The van der Waals surface area contributed by atoms with Crippen molar-refractivity contribution in [3.8, 4) is 0 Å². The van der Waals surface area contributed by atoms with Crippen LogP contribution in [0.2, 0.25) is 0 Å². The molecule has 3 aromatic carbocycles. The van der Waals surface area contributed by atoms with E-state index >= 15 is 0 Å². The molecule has 1 nitrogen and oxygen atoms in total. The van der Waals surface area contributed by atoms with E-state index in [2.05, 4.69) is 0 Å². The number of benzene rings is 3. The van der Waals surface area contributed by atoms with E-state index in [0.717, 1.165) is 20.8 Å². The lowest BCUT2D eigenvalue weighted by atomic mass is 10.1. The molecule has 0 atom stereocenters. The van der Waals surface area contributed by atoms with Gasteiger partial charge in [-0.25, -0.2) is 35.1 Å². The van der Waals surface area contributed by atoms with Gasteiger partial charge in [0.05, 0.1) is 11.4 Å². The highest BCUT2D eigenvalue weighted by molar-refractivity contribution is 5.78. The van der Waals surface area contributed by atoms with Crippen LogP contribution in [-0.4, -0.2) is 0 Å². The van der Waals surface area contributed by atoms with Crippen molar-refractivity contribution in [3.63, 3.8) is 0 Å². The van der Waals surface area contributed by atoms with Crippen LogP contribution in [0, 0.1) is 67.3 Å². The molecule has 0 N–H and O–H groups in total. The van der Waals surface area contributed by atoms with Crippen LogP contribution in [0.25, 0.3) is 0 Å². The van der Waals surface area contributed by atoms with Crippen molar-refractivity contribution in [2.24, 2.45) is 0 Å². The first-order chi connectivity index (χ1) is 14.0. The highest BCUT2D eigenvalue weighted by Crippen LogP contribution is 2.42. The number of hydrogen-bond donors (Lipinski definition) is 0. The van der Waals surface area contributed by atoms with Crippen LogP contribution in [0.3, 0.4) is 0 Å². The van der Waals surface area contributed by atoms with E-state index in [4.69, 9.17) is 0 Å². The molecular formula is C21H13F8N. The summed E-state index contributed by atoms with van der Waals surface area (Å²) in [5.41, 5.74) is -4.60. The Morgan fingerprint density at radius 1 is 0.467 bits per heavy atom. The summed E-state index contributed by atoms with van der Waals surface area (Å²) >= 11 is 0. The minimum absolute atomic E-state index is 0.299. The first kappa shape index (κ1) is 21.6. The maximum Gasteiger partial charge on any atom is 0.186 e. The van der Waals surface area contributed by atoms with Crippen molar-refractivity contribution in [2.75, 3.05) is 4.90 Å². The lowest BCUT2D eigenvalue weighted by molar-refractivity contribution is 0.448. The van der Waals surface area contributed by atoms with Crippen molar-refractivity contribution in [2.45, 2.75) is 20.8 Å². The molecule has 0 radical (unpaired) electrons. The van der Waals surface area contributed by atoms with Gasteiger partial charge in [0.1, 0.15) is 29.0 Å². The molecule has 3 rings (SSSR count). The molecule has 0 heterocycles. The van der Waals surface area contributed by atoms with E-state index in [-0.39, 0.29) is 0 Å². The molecule has 0 aliphatic heterocycles. The van der Waals surface area contributed by atoms with E-state index in [1.54, 1.807) is 0 Å². The molecule has 0 bridgehead atoms. The summed E-state index contributed by atoms with van der Waals surface area (Å²) in [6.07, 6.45) is 0. The fourth-order valence-corrected chi connectivity index (χ4v) is 2.86. The van der Waals surface area contributed by atoms with Gasteiger partial charge in [0, 0.05) is 16.7 Å². The molecule has 0 fully saturated rings. The molecule has 0 amide bonds. The van der Waals surface area contributed by atoms with Crippen molar-refractivity contribution in [3.05, 3.63) is 87.5 Å². The van der Waals surface area contributed by atoms with Crippen LogP contribution in [0.1, 0.15) is 16.7 Å². The average molecular weight is 431 g/mol. The molecule has 0 unspecified atom stereocenters. The Morgan fingerprint density at radius 2 is 0.767 bits per heavy atom. The smallest absolute Gasteiger partial charge is 0.186 e. The molecule has 0 aliphatic carbocycles. The summed E-state index contributed by atoms with van der Waals surface area (Å²) in [6.45, 7) is 2.94. The largest absolute Gasteiger partial charge is 0.305 e. The van der Waals surface area contributed by atoms with Crippen LogP contribution in [0.4, 0.5) is 52.2 Å². The van der Waals surface area contributed by atoms with E-state index in [1.807, 2.05) is 0 Å². The number of nitrogens with zero attached hydrogens (tertiary/aromatic N) is 1. The van der Waals surface area contributed by atoms with Crippen molar-refractivity contribution in [1.29, 1.82) is 0 Å². The first-order valence-electron chi connectivity index (χ1n) is 8.49. The minimum Gasteiger partial charge on any atom is -0.305 e. The summed E-state index contributed by atoms with van der Waals surface area (Å²) < 4.78 is 114. The highest BCUT2D eigenvalue weighted by atomic mass is 19.2. The number of hydrogen-bond acceptors (Lipinski definition) is 1. The molecule has 3 aromatic rings. The highest BCUT2D eigenvalue weighted by Gasteiger charge is 2.30. The van der Waals surface area contributed by atoms with Gasteiger partial charge in [-0.2, -0.15) is 0 Å². The summed E-state index contributed by atoms with van der Waals surface area (Å²) in [4.78, 5) is 0.299. The molecule has 0 spiro atoms. The fourth-order valence-electron chi connectivity index (χ4n) is 2.86. The zero-order chi connectivity index (χ0) is 22.5. The molecular weight excluding hydrogens is 418 g/mol. The Balaban J connectivity index is 2.44. The lowest BCUT2D eigenvalue weighted by Gasteiger charge is -2.27.